The first-order valence-electron chi connectivity index (χ1n) is 7.97. The number of rotatable bonds is 6. The molecule has 0 radical (unpaired) electrons. The molecule has 18 heavy (non-hydrogen) atoms. The van der Waals surface area contributed by atoms with Crippen molar-refractivity contribution in [1.29, 1.82) is 0 Å². The molecule has 0 aromatic rings. The Bertz CT molecular complexity index is 245. The maximum Gasteiger partial charge on any atom is 0.305 e. The van der Waals surface area contributed by atoms with E-state index in [4.69, 9.17) is 4.74 Å². The SMILES string of the molecule is CCOC(=O)CCCCB1C2CCCC1CCC2. The van der Waals surface area contributed by atoms with Crippen LogP contribution >= 0.6 is 0 Å². The molecule has 0 N–H and O–H groups in total. The van der Waals surface area contributed by atoms with Crippen LogP contribution in [0, 0.1) is 0 Å². The summed E-state index contributed by atoms with van der Waals surface area (Å²) in [7, 11) is 0. The van der Waals surface area contributed by atoms with Crippen molar-refractivity contribution in [2.24, 2.45) is 0 Å². The number of hydrogen-bond acceptors (Lipinski definition) is 2. The molecule has 0 amide bonds. The van der Waals surface area contributed by atoms with Gasteiger partial charge in [0.25, 0.3) is 0 Å². The molecule has 2 heterocycles. The molecule has 0 aliphatic carbocycles. The molecular weight excluding hydrogens is 223 g/mol. The second kappa shape index (κ2) is 7.20. The highest BCUT2D eigenvalue weighted by molar-refractivity contribution is 6.62. The van der Waals surface area contributed by atoms with Gasteiger partial charge in [-0.05, 0) is 13.3 Å². The lowest BCUT2D eigenvalue weighted by Gasteiger charge is -2.40. The first-order valence-corrected chi connectivity index (χ1v) is 7.97. The number of esters is 1. The molecule has 0 atom stereocenters. The van der Waals surface area contributed by atoms with E-state index in [1.807, 2.05) is 6.92 Å². The molecule has 2 fully saturated rings. The number of unbranched alkanes of at least 4 members (excludes halogenated alkanes) is 1. The summed E-state index contributed by atoms with van der Waals surface area (Å²) in [5, 5.41) is 0. The van der Waals surface area contributed by atoms with Crippen LogP contribution in [0.4, 0.5) is 0 Å². The molecule has 3 heteroatoms. The standard InChI is InChI=1S/C15H27BO2/c1-2-18-15(17)11-3-4-12-16-13-7-5-8-14(16)10-6-9-13/h13-14H,2-12H2,1H3. The maximum absolute atomic E-state index is 11.3. The highest BCUT2D eigenvalue weighted by atomic mass is 16.5. The molecule has 2 aliphatic heterocycles. The third-order valence-corrected chi connectivity index (χ3v) is 4.98. The van der Waals surface area contributed by atoms with Gasteiger partial charge in [-0.3, -0.25) is 4.79 Å². The van der Waals surface area contributed by atoms with Crippen molar-refractivity contribution in [3.8, 4) is 0 Å². The van der Waals surface area contributed by atoms with Crippen molar-refractivity contribution in [3.05, 3.63) is 0 Å². The van der Waals surface area contributed by atoms with E-state index in [-0.39, 0.29) is 5.97 Å². The van der Waals surface area contributed by atoms with Crippen LogP contribution in [0.5, 0.6) is 0 Å². The maximum atomic E-state index is 11.3. The van der Waals surface area contributed by atoms with Gasteiger partial charge in [0.15, 0.2) is 0 Å². The molecule has 0 unspecified atom stereocenters. The minimum atomic E-state index is -0.0126. The van der Waals surface area contributed by atoms with Crippen LogP contribution in [0.25, 0.3) is 0 Å². The first kappa shape index (κ1) is 14.0. The third-order valence-electron chi connectivity index (χ3n) is 4.98. The van der Waals surface area contributed by atoms with Gasteiger partial charge in [0.05, 0.1) is 6.61 Å². The van der Waals surface area contributed by atoms with E-state index in [1.54, 1.807) is 0 Å². The van der Waals surface area contributed by atoms with Crippen molar-refractivity contribution in [2.45, 2.75) is 82.7 Å². The van der Waals surface area contributed by atoms with Gasteiger partial charge in [-0.2, -0.15) is 0 Å². The fourth-order valence-electron chi connectivity index (χ4n) is 4.17. The highest BCUT2D eigenvalue weighted by Gasteiger charge is 2.38. The van der Waals surface area contributed by atoms with E-state index in [0.29, 0.717) is 13.0 Å². The smallest absolute Gasteiger partial charge is 0.305 e. The number of carbonyl (C=O) groups is 1. The fraction of sp³-hybridized carbons (Fsp3) is 0.933. The number of hydrogen-bond donors (Lipinski definition) is 0. The van der Waals surface area contributed by atoms with Crippen molar-refractivity contribution in [1.82, 2.24) is 0 Å². The van der Waals surface area contributed by atoms with Crippen molar-refractivity contribution in [2.75, 3.05) is 6.61 Å². The topological polar surface area (TPSA) is 26.3 Å². The normalized spacial score (nSPS) is 27.1. The fourth-order valence-corrected chi connectivity index (χ4v) is 4.17. The van der Waals surface area contributed by atoms with Crippen molar-refractivity contribution in [3.63, 3.8) is 0 Å². The summed E-state index contributed by atoms with van der Waals surface area (Å²) in [6.07, 6.45) is 13.0. The Morgan fingerprint density at radius 1 is 1.11 bits per heavy atom. The van der Waals surface area contributed by atoms with Crippen molar-refractivity contribution < 1.29 is 9.53 Å². The van der Waals surface area contributed by atoms with Crippen LogP contribution in [0.2, 0.25) is 18.0 Å². The van der Waals surface area contributed by atoms with E-state index in [2.05, 4.69) is 0 Å². The number of carbonyl (C=O) groups excluding carboxylic acids is 1. The summed E-state index contributed by atoms with van der Waals surface area (Å²) >= 11 is 0. The molecular formula is C15H27BO2. The van der Waals surface area contributed by atoms with Gasteiger partial charge in [-0.15, -0.1) is 0 Å². The third kappa shape index (κ3) is 3.76. The molecule has 0 spiro atoms. The van der Waals surface area contributed by atoms with Crippen LogP contribution in [-0.4, -0.2) is 19.3 Å². The molecule has 0 aromatic heterocycles. The van der Waals surface area contributed by atoms with Crippen LogP contribution in [0.1, 0.15) is 64.7 Å². The second-order valence-electron chi connectivity index (χ2n) is 6.10. The van der Waals surface area contributed by atoms with Crippen LogP contribution in [-0.2, 0) is 9.53 Å². The Morgan fingerprint density at radius 2 is 1.72 bits per heavy atom. The lowest BCUT2D eigenvalue weighted by molar-refractivity contribution is -0.143. The Labute approximate surface area is 112 Å². The molecule has 102 valence electrons. The van der Waals surface area contributed by atoms with E-state index in [0.717, 1.165) is 24.8 Å². The van der Waals surface area contributed by atoms with E-state index in [9.17, 15) is 4.79 Å². The second-order valence-corrected chi connectivity index (χ2v) is 6.10. The Hall–Kier alpha value is -0.465. The first-order chi connectivity index (χ1) is 8.81. The van der Waals surface area contributed by atoms with Gasteiger partial charge in [-0.25, -0.2) is 0 Å². The molecule has 2 saturated heterocycles. The van der Waals surface area contributed by atoms with Gasteiger partial charge in [0.2, 0.25) is 0 Å². The predicted molar refractivity (Wildman–Crippen MR) is 76.2 cm³/mol. The summed E-state index contributed by atoms with van der Waals surface area (Å²) in [6.45, 7) is 3.38. The quantitative estimate of drug-likeness (QED) is 0.398. The van der Waals surface area contributed by atoms with Gasteiger partial charge in [0, 0.05) is 6.42 Å². The summed E-state index contributed by atoms with van der Waals surface area (Å²) in [5.74, 6) is 2.02. The van der Waals surface area contributed by atoms with Crippen LogP contribution in [0.15, 0.2) is 0 Å². The highest BCUT2D eigenvalue weighted by Crippen LogP contribution is 2.48. The molecule has 2 nitrogen and oxygen atoms in total. The zero-order chi connectivity index (χ0) is 12.8. The zero-order valence-corrected chi connectivity index (χ0v) is 11.8. The summed E-state index contributed by atoms with van der Waals surface area (Å²) < 4.78 is 4.97. The van der Waals surface area contributed by atoms with Gasteiger partial charge in [-0.1, -0.05) is 62.9 Å². The molecule has 2 rings (SSSR count). The van der Waals surface area contributed by atoms with Gasteiger partial charge >= 0.3 is 5.97 Å². The van der Waals surface area contributed by atoms with Gasteiger partial charge < -0.3 is 4.74 Å². The van der Waals surface area contributed by atoms with E-state index >= 15 is 0 Å². The summed E-state index contributed by atoms with van der Waals surface area (Å²) in [4.78, 5) is 11.3. The van der Waals surface area contributed by atoms with Crippen LogP contribution < -0.4 is 0 Å². The average Bonchev–Trinajstić information content (AvgIpc) is 2.34. The minimum Gasteiger partial charge on any atom is -0.466 e. The molecule has 2 bridgehead atoms. The Balaban J connectivity index is 1.65. The van der Waals surface area contributed by atoms with Gasteiger partial charge in [0.1, 0.15) is 6.71 Å². The minimum absolute atomic E-state index is 0.0126. The Morgan fingerprint density at radius 3 is 2.28 bits per heavy atom. The van der Waals surface area contributed by atoms with E-state index in [1.165, 1.54) is 51.3 Å². The monoisotopic (exact) mass is 250 g/mol. The molecule has 2 aliphatic rings. The van der Waals surface area contributed by atoms with E-state index < -0.39 is 0 Å². The number of ether oxygens (including phenoxy) is 1. The predicted octanol–water partition coefficient (Wildman–Crippen LogP) is 4.32. The zero-order valence-electron chi connectivity index (χ0n) is 11.8. The number of fused-ring (bicyclic) bond motifs is 2. The lowest BCUT2D eigenvalue weighted by atomic mass is 9.26. The lowest BCUT2D eigenvalue weighted by Crippen LogP contribution is -2.34. The largest absolute Gasteiger partial charge is 0.466 e. The summed E-state index contributed by atoms with van der Waals surface area (Å²) in [6, 6.07) is 0. The molecule has 0 aromatic carbocycles. The Kier molecular flexibility index (Phi) is 5.59. The van der Waals surface area contributed by atoms with Crippen molar-refractivity contribution >= 4 is 12.7 Å². The average molecular weight is 250 g/mol. The molecule has 0 saturated carbocycles. The summed E-state index contributed by atoms with van der Waals surface area (Å²) in [5.41, 5.74) is 0. The van der Waals surface area contributed by atoms with Crippen LogP contribution in [0.3, 0.4) is 0 Å².